The molecule has 1 atom stereocenters. The average Bonchev–Trinajstić information content (AvgIpc) is 3.09. The Bertz CT molecular complexity index is 581. The van der Waals surface area contributed by atoms with E-state index in [1.807, 2.05) is 63.9 Å². The zero-order valence-corrected chi connectivity index (χ0v) is 13.2. The fourth-order valence-electron chi connectivity index (χ4n) is 2.52. The van der Waals surface area contributed by atoms with Gasteiger partial charge in [0.1, 0.15) is 0 Å². The van der Waals surface area contributed by atoms with Crippen LogP contribution in [0.2, 0.25) is 0 Å². The van der Waals surface area contributed by atoms with E-state index in [1.165, 1.54) is 0 Å². The number of benzene rings is 1. The molecule has 2 amide bonds. The quantitative estimate of drug-likeness (QED) is 0.942. The largest absolute Gasteiger partial charge is 0.329 e. The van der Waals surface area contributed by atoms with Gasteiger partial charge in [0.15, 0.2) is 0 Å². The van der Waals surface area contributed by atoms with Crippen LogP contribution in [-0.2, 0) is 6.54 Å². The van der Waals surface area contributed by atoms with Crippen molar-refractivity contribution in [3.8, 4) is 0 Å². The van der Waals surface area contributed by atoms with Crippen LogP contribution in [0.25, 0.3) is 0 Å². The molecule has 2 aromatic rings. The van der Waals surface area contributed by atoms with Crippen LogP contribution in [0.1, 0.15) is 11.6 Å². The lowest BCUT2D eigenvalue weighted by atomic mass is 10.1. The van der Waals surface area contributed by atoms with E-state index >= 15 is 0 Å². The van der Waals surface area contributed by atoms with Gasteiger partial charge < -0.3 is 10.2 Å². The predicted molar refractivity (Wildman–Crippen MR) is 88.8 cm³/mol. The van der Waals surface area contributed by atoms with Gasteiger partial charge in [-0.15, -0.1) is 0 Å². The minimum absolute atomic E-state index is 0.0151. The summed E-state index contributed by atoms with van der Waals surface area (Å²) >= 11 is 1.90. The van der Waals surface area contributed by atoms with Gasteiger partial charge in [-0.1, -0.05) is 30.3 Å². The first kappa shape index (κ1) is 15.0. The number of aromatic nitrogens is 2. The van der Waals surface area contributed by atoms with Gasteiger partial charge in [-0.2, -0.15) is 16.9 Å². The number of amides is 2. The van der Waals surface area contributed by atoms with Gasteiger partial charge in [-0.05, 0) is 11.6 Å². The second-order valence-corrected chi connectivity index (χ2v) is 6.47. The number of nitrogens with zero attached hydrogens (tertiary/aromatic N) is 3. The maximum absolute atomic E-state index is 12.5. The summed E-state index contributed by atoms with van der Waals surface area (Å²) in [6, 6.07) is 11.9. The Hall–Kier alpha value is -1.95. The number of urea groups is 1. The van der Waals surface area contributed by atoms with Gasteiger partial charge in [-0.3, -0.25) is 4.68 Å². The van der Waals surface area contributed by atoms with Gasteiger partial charge >= 0.3 is 6.03 Å². The number of carbonyl (C=O) groups excluding carboxylic acids is 1. The first-order valence-electron chi connectivity index (χ1n) is 7.48. The summed E-state index contributed by atoms with van der Waals surface area (Å²) in [6.07, 6.45) is 3.67. The number of thioether (sulfide) groups is 1. The van der Waals surface area contributed by atoms with Crippen molar-refractivity contribution in [1.82, 2.24) is 20.0 Å². The summed E-state index contributed by atoms with van der Waals surface area (Å²) in [7, 11) is 0. The van der Waals surface area contributed by atoms with Crippen LogP contribution >= 0.6 is 11.8 Å². The molecule has 0 spiro atoms. The predicted octanol–water partition coefficient (Wildman–Crippen LogP) is 2.38. The lowest BCUT2D eigenvalue weighted by Crippen LogP contribution is -2.46. The lowest BCUT2D eigenvalue weighted by molar-refractivity contribution is 0.197. The summed E-state index contributed by atoms with van der Waals surface area (Å²) in [5, 5.41) is 7.41. The van der Waals surface area contributed by atoms with Crippen LogP contribution in [0.4, 0.5) is 4.79 Å². The van der Waals surface area contributed by atoms with Crippen LogP contribution in [-0.4, -0.2) is 45.3 Å². The van der Waals surface area contributed by atoms with Crippen molar-refractivity contribution < 1.29 is 4.79 Å². The van der Waals surface area contributed by atoms with Crippen molar-refractivity contribution in [3.63, 3.8) is 0 Å². The molecular formula is C16H20N4OS. The fraction of sp³-hybridized carbons (Fsp3) is 0.375. The van der Waals surface area contributed by atoms with E-state index in [-0.39, 0.29) is 12.1 Å². The Balaban J connectivity index is 1.71. The molecule has 1 N–H and O–H groups in total. The van der Waals surface area contributed by atoms with E-state index in [0.717, 1.165) is 30.2 Å². The molecule has 0 saturated carbocycles. The molecule has 6 heteroatoms. The molecule has 1 fully saturated rings. The van der Waals surface area contributed by atoms with Crippen LogP contribution in [0.15, 0.2) is 48.8 Å². The molecule has 0 aliphatic carbocycles. The molecule has 5 nitrogen and oxygen atoms in total. The molecular weight excluding hydrogens is 296 g/mol. The Morgan fingerprint density at radius 1 is 1.23 bits per heavy atom. The molecule has 0 bridgehead atoms. The van der Waals surface area contributed by atoms with Gasteiger partial charge in [0.25, 0.3) is 0 Å². The number of carbonyl (C=O) groups is 1. The van der Waals surface area contributed by atoms with E-state index in [9.17, 15) is 4.79 Å². The summed E-state index contributed by atoms with van der Waals surface area (Å²) < 4.78 is 1.85. The van der Waals surface area contributed by atoms with Crippen LogP contribution < -0.4 is 5.32 Å². The minimum Gasteiger partial charge on any atom is -0.329 e. The maximum atomic E-state index is 12.5. The SMILES string of the molecule is O=C(NC(Cn1cccn1)c1ccccc1)N1CCSCC1. The van der Waals surface area contributed by atoms with E-state index in [0.29, 0.717) is 6.54 Å². The second-order valence-electron chi connectivity index (χ2n) is 5.24. The molecule has 1 aromatic carbocycles. The Morgan fingerprint density at radius 2 is 2.00 bits per heavy atom. The van der Waals surface area contributed by atoms with Crippen molar-refractivity contribution in [2.75, 3.05) is 24.6 Å². The molecule has 22 heavy (non-hydrogen) atoms. The molecule has 2 heterocycles. The van der Waals surface area contributed by atoms with Crippen molar-refractivity contribution in [1.29, 1.82) is 0 Å². The van der Waals surface area contributed by atoms with Crippen molar-refractivity contribution in [2.45, 2.75) is 12.6 Å². The fourth-order valence-corrected chi connectivity index (χ4v) is 3.43. The molecule has 3 rings (SSSR count). The number of rotatable bonds is 4. The van der Waals surface area contributed by atoms with E-state index < -0.39 is 0 Å². The van der Waals surface area contributed by atoms with Gasteiger partial charge in [0.05, 0.1) is 12.6 Å². The molecule has 1 aliphatic heterocycles. The zero-order valence-electron chi connectivity index (χ0n) is 12.4. The molecule has 1 unspecified atom stereocenters. The normalized spacial score (nSPS) is 16.3. The van der Waals surface area contributed by atoms with E-state index in [4.69, 9.17) is 0 Å². The van der Waals surface area contributed by atoms with Crippen molar-refractivity contribution in [3.05, 3.63) is 54.4 Å². The zero-order chi connectivity index (χ0) is 15.2. The summed E-state index contributed by atoms with van der Waals surface area (Å²) in [5.74, 6) is 2.03. The first-order chi connectivity index (χ1) is 10.8. The topological polar surface area (TPSA) is 50.2 Å². The third-order valence-corrected chi connectivity index (χ3v) is 4.67. The highest BCUT2D eigenvalue weighted by Crippen LogP contribution is 2.16. The maximum Gasteiger partial charge on any atom is 0.317 e. The van der Waals surface area contributed by atoms with Crippen molar-refractivity contribution in [2.24, 2.45) is 0 Å². The molecule has 1 saturated heterocycles. The molecule has 1 aromatic heterocycles. The summed E-state index contributed by atoms with van der Waals surface area (Å²) in [6.45, 7) is 2.27. The Kier molecular flexibility index (Phi) is 5.00. The smallest absolute Gasteiger partial charge is 0.317 e. The molecule has 116 valence electrons. The minimum atomic E-state index is -0.0804. The highest BCUT2D eigenvalue weighted by atomic mass is 32.2. The highest BCUT2D eigenvalue weighted by Gasteiger charge is 2.21. The van der Waals surface area contributed by atoms with Crippen LogP contribution in [0.3, 0.4) is 0 Å². The standard InChI is InChI=1S/C16H20N4OS/c21-16(19-9-11-22-12-10-19)18-15(13-20-8-4-7-17-20)14-5-2-1-3-6-14/h1-8,15H,9-13H2,(H,18,21). The highest BCUT2D eigenvalue weighted by molar-refractivity contribution is 7.99. The van der Waals surface area contributed by atoms with Gasteiger partial charge in [0.2, 0.25) is 0 Å². The average molecular weight is 316 g/mol. The van der Waals surface area contributed by atoms with Crippen LogP contribution in [0.5, 0.6) is 0 Å². The monoisotopic (exact) mass is 316 g/mol. The Labute approximate surface area is 134 Å². The van der Waals surface area contributed by atoms with E-state index in [1.54, 1.807) is 6.20 Å². The summed E-state index contributed by atoms with van der Waals surface area (Å²) in [5.41, 5.74) is 1.10. The number of nitrogens with one attached hydrogen (secondary N) is 1. The van der Waals surface area contributed by atoms with Crippen molar-refractivity contribution >= 4 is 17.8 Å². The third-order valence-electron chi connectivity index (χ3n) is 3.73. The Morgan fingerprint density at radius 3 is 2.68 bits per heavy atom. The lowest BCUT2D eigenvalue weighted by Gasteiger charge is -2.29. The number of hydrogen-bond donors (Lipinski definition) is 1. The third kappa shape index (κ3) is 3.82. The van der Waals surface area contributed by atoms with E-state index in [2.05, 4.69) is 10.4 Å². The number of hydrogen-bond acceptors (Lipinski definition) is 3. The second kappa shape index (κ2) is 7.35. The molecule has 0 radical (unpaired) electrons. The first-order valence-corrected chi connectivity index (χ1v) is 8.64. The summed E-state index contributed by atoms with van der Waals surface area (Å²) in [4.78, 5) is 14.4. The van der Waals surface area contributed by atoms with Gasteiger partial charge in [0, 0.05) is 37.0 Å². The van der Waals surface area contributed by atoms with Crippen LogP contribution in [0, 0.1) is 0 Å². The molecule has 1 aliphatic rings. The van der Waals surface area contributed by atoms with Gasteiger partial charge in [-0.25, -0.2) is 4.79 Å².